The number of ether oxygens (including phenoxy) is 1. The lowest BCUT2D eigenvalue weighted by molar-refractivity contribution is 0.298. The highest BCUT2D eigenvalue weighted by Gasteiger charge is 2.11. The van der Waals surface area contributed by atoms with Crippen molar-refractivity contribution in [1.82, 2.24) is 9.97 Å². The molecule has 0 spiro atoms. The summed E-state index contributed by atoms with van der Waals surface area (Å²) in [6, 6.07) is 10.1. The van der Waals surface area contributed by atoms with E-state index in [0.717, 1.165) is 20.3 Å². The lowest BCUT2D eigenvalue weighted by Gasteiger charge is -2.08. The number of fused-ring (bicyclic) bond motifs is 1. The topological polar surface area (TPSA) is 47.0 Å². The largest absolute Gasteiger partial charge is 0.472 e. The first kappa shape index (κ1) is 14.3. The van der Waals surface area contributed by atoms with Gasteiger partial charge in [-0.05, 0) is 30.7 Å². The molecule has 6 heteroatoms. The van der Waals surface area contributed by atoms with E-state index in [1.54, 1.807) is 18.4 Å². The minimum absolute atomic E-state index is 0.476. The fourth-order valence-electron chi connectivity index (χ4n) is 2.02. The van der Waals surface area contributed by atoms with E-state index in [1.165, 1.54) is 4.88 Å². The molecule has 21 heavy (non-hydrogen) atoms. The molecule has 0 aliphatic heterocycles. The number of benzene rings is 1. The Morgan fingerprint density at radius 1 is 1.29 bits per heavy atom. The van der Waals surface area contributed by atoms with Gasteiger partial charge in [0.1, 0.15) is 11.4 Å². The summed E-state index contributed by atoms with van der Waals surface area (Å²) in [6.07, 6.45) is 0. The van der Waals surface area contributed by atoms with Crippen LogP contribution < -0.4 is 10.1 Å². The minimum atomic E-state index is 0.476. The molecule has 2 aromatic heterocycles. The number of rotatable bonds is 4. The van der Waals surface area contributed by atoms with Crippen molar-refractivity contribution in [2.75, 3.05) is 12.4 Å². The summed E-state index contributed by atoms with van der Waals surface area (Å²) in [5.74, 6) is 1.20. The number of nitrogens with zero attached hydrogens (tertiary/aromatic N) is 2. The maximum atomic E-state index is 5.91. The molecule has 3 aromatic rings. The zero-order chi connectivity index (χ0) is 14.8. The van der Waals surface area contributed by atoms with Crippen LogP contribution in [0.15, 0.2) is 34.8 Å². The molecule has 1 N–H and O–H groups in total. The molecule has 0 bridgehead atoms. The van der Waals surface area contributed by atoms with E-state index in [9.17, 15) is 0 Å². The molecule has 2 heterocycles. The minimum Gasteiger partial charge on any atom is -0.472 e. The maximum absolute atomic E-state index is 5.91. The summed E-state index contributed by atoms with van der Waals surface area (Å²) in [5.41, 5.74) is 1.09. The van der Waals surface area contributed by atoms with Crippen LogP contribution in [0, 0.1) is 6.92 Å². The van der Waals surface area contributed by atoms with Crippen LogP contribution in [0.25, 0.3) is 10.2 Å². The normalized spacial score (nSPS) is 10.8. The lowest BCUT2D eigenvalue weighted by atomic mass is 10.2. The van der Waals surface area contributed by atoms with E-state index in [1.807, 2.05) is 24.3 Å². The van der Waals surface area contributed by atoms with Crippen LogP contribution in [0.3, 0.4) is 0 Å². The quantitative estimate of drug-likeness (QED) is 0.746. The fraction of sp³-hybridized carbons (Fsp3) is 0.200. The van der Waals surface area contributed by atoms with E-state index in [-0.39, 0.29) is 0 Å². The van der Waals surface area contributed by atoms with Crippen molar-refractivity contribution in [2.24, 2.45) is 0 Å². The molecule has 0 saturated heterocycles. The second kappa shape index (κ2) is 5.99. The van der Waals surface area contributed by atoms with E-state index in [0.29, 0.717) is 18.4 Å². The van der Waals surface area contributed by atoms with Gasteiger partial charge in [0.2, 0.25) is 11.8 Å². The Kier molecular flexibility index (Phi) is 4.07. The molecule has 0 fully saturated rings. The van der Waals surface area contributed by atoms with Crippen LogP contribution in [0.4, 0.5) is 5.95 Å². The molecule has 4 nitrogen and oxygen atoms in total. The van der Waals surface area contributed by atoms with Gasteiger partial charge >= 0.3 is 0 Å². The van der Waals surface area contributed by atoms with Gasteiger partial charge in [-0.25, -0.2) is 4.98 Å². The summed E-state index contributed by atoms with van der Waals surface area (Å²) < 4.78 is 6.95. The second-order valence-corrected chi connectivity index (χ2v) is 6.75. The third kappa shape index (κ3) is 3.16. The monoisotopic (exact) mass is 363 g/mol. The number of halogens is 1. The van der Waals surface area contributed by atoms with Crippen LogP contribution in [0.1, 0.15) is 10.4 Å². The molecule has 108 valence electrons. The predicted octanol–water partition coefficient (Wildman–Crippen LogP) is 4.38. The van der Waals surface area contributed by atoms with Crippen molar-refractivity contribution in [3.63, 3.8) is 0 Å². The van der Waals surface area contributed by atoms with Crippen molar-refractivity contribution in [3.05, 3.63) is 45.2 Å². The highest BCUT2D eigenvalue weighted by Crippen LogP contribution is 2.31. The number of hydrogen-bond donors (Lipinski definition) is 1. The Hall–Kier alpha value is -1.66. The predicted molar refractivity (Wildman–Crippen MR) is 90.2 cm³/mol. The SMILES string of the molecule is CNc1nc(OCc2cccc(Br)c2)c2cc(C)sc2n1. The first-order valence-electron chi connectivity index (χ1n) is 6.49. The summed E-state index contributed by atoms with van der Waals surface area (Å²) in [4.78, 5) is 11.0. The molecule has 0 saturated carbocycles. The maximum Gasteiger partial charge on any atom is 0.227 e. The van der Waals surface area contributed by atoms with Crippen molar-refractivity contribution >= 4 is 43.4 Å². The molecule has 3 rings (SSSR count). The molecule has 0 aliphatic carbocycles. The lowest BCUT2D eigenvalue weighted by Crippen LogP contribution is -2.01. The van der Waals surface area contributed by atoms with Gasteiger partial charge in [0.25, 0.3) is 0 Å². The third-order valence-electron chi connectivity index (χ3n) is 2.97. The average Bonchev–Trinajstić information content (AvgIpc) is 2.85. The number of thiophene rings is 1. The highest BCUT2D eigenvalue weighted by molar-refractivity contribution is 9.10. The molecule has 0 aliphatic rings. The molecular formula is C15H14BrN3OS. The van der Waals surface area contributed by atoms with E-state index in [2.05, 4.69) is 44.2 Å². The number of aromatic nitrogens is 2. The Balaban J connectivity index is 1.92. The van der Waals surface area contributed by atoms with Gasteiger partial charge < -0.3 is 10.1 Å². The molecule has 0 radical (unpaired) electrons. The number of hydrogen-bond acceptors (Lipinski definition) is 5. The number of anilines is 1. The van der Waals surface area contributed by atoms with E-state index >= 15 is 0 Å². The standard InChI is InChI=1S/C15H14BrN3OS/c1-9-6-12-13(18-15(17-2)19-14(12)21-9)20-8-10-4-3-5-11(16)7-10/h3-7H,8H2,1-2H3,(H,17,18,19). The summed E-state index contributed by atoms with van der Waals surface area (Å²) in [7, 11) is 1.81. The van der Waals surface area contributed by atoms with Gasteiger partial charge in [0, 0.05) is 16.4 Å². The van der Waals surface area contributed by atoms with Gasteiger partial charge in [-0.3, -0.25) is 0 Å². The summed E-state index contributed by atoms with van der Waals surface area (Å²) in [5, 5.41) is 3.94. The summed E-state index contributed by atoms with van der Waals surface area (Å²) in [6.45, 7) is 2.53. The fourth-order valence-corrected chi connectivity index (χ4v) is 3.33. The molecule has 0 atom stereocenters. The first-order chi connectivity index (χ1) is 10.2. The van der Waals surface area contributed by atoms with Crippen molar-refractivity contribution < 1.29 is 4.74 Å². The number of nitrogens with one attached hydrogen (secondary N) is 1. The van der Waals surface area contributed by atoms with Gasteiger partial charge in [0.05, 0.1) is 5.39 Å². The zero-order valence-corrected chi connectivity index (χ0v) is 14.1. The van der Waals surface area contributed by atoms with Crippen molar-refractivity contribution in [3.8, 4) is 5.88 Å². The Morgan fingerprint density at radius 2 is 2.14 bits per heavy atom. The zero-order valence-electron chi connectivity index (χ0n) is 11.7. The van der Waals surface area contributed by atoms with Crippen LogP contribution in [-0.4, -0.2) is 17.0 Å². The van der Waals surface area contributed by atoms with Gasteiger partial charge in [-0.15, -0.1) is 11.3 Å². The molecule has 0 amide bonds. The Morgan fingerprint density at radius 3 is 2.90 bits per heavy atom. The van der Waals surface area contributed by atoms with Crippen LogP contribution in [0.5, 0.6) is 5.88 Å². The van der Waals surface area contributed by atoms with Gasteiger partial charge in [-0.2, -0.15) is 4.98 Å². The first-order valence-corrected chi connectivity index (χ1v) is 8.10. The Labute approximate surface area is 135 Å². The van der Waals surface area contributed by atoms with Crippen molar-refractivity contribution in [1.29, 1.82) is 0 Å². The molecule has 0 unspecified atom stereocenters. The molecular weight excluding hydrogens is 350 g/mol. The highest BCUT2D eigenvalue weighted by atomic mass is 79.9. The van der Waals surface area contributed by atoms with Crippen LogP contribution >= 0.6 is 27.3 Å². The third-order valence-corrected chi connectivity index (χ3v) is 4.41. The van der Waals surface area contributed by atoms with E-state index < -0.39 is 0 Å². The van der Waals surface area contributed by atoms with Gasteiger partial charge in [-0.1, -0.05) is 28.1 Å². The smallest absolute Gasteiger partial charge is 0.227 e. The Bertz CT molecular complexity index is 788. The summed E-state index contributed by atoms with van der Waals surface area (Å²) >= 11 is 5.11. The van der Waals surface area contributed by atoms with Crippen LogP contribution in [-0.2, 0) is 6.61 Å². The second-order valence-electron chi connectivity index (χ2n) is 4.60. The van der Waals surface area contributed by atoms with Crippen molar-refractivity contribution in [2.45, 2.75) is 13.5 Å². The van der Waals surface area contributed by atoms with E-state index in [4.69, 9.17) is 4.74 Å². The average molecular weight is 364 g/mol. The molecule has 1 aromatic carbocycles. The number of aryl methyl sites for hydroxylation is 1. The van der Waals surface area contributed by atoms with Crippen LogP contribution in [0.2, 0.25) is 0 Å². The van der Waals surface area contributed by atoms with Gasteiger partial charge in [0.15, 0.2) is 0 Å².